The fraction of sp³-hybridized carbons (Fsp3) is 0.667. The van der Waals surface area contributed by atoms with Crippen molar-refractivity contribution in [2.45, 2.75) is 57.4 Å². The molecule has 3 atom stereocenters. The summed E-state index contributed by atoms with van der Waals surface area (Å²) in [6.45, 7) is 0. The highest BCUT2D eigenvalue weighted by Gasteiger charge is 2.45. The first-order valence-electron chi connectivity index (χ1n) is 9.77. The lowest BCUT2D eigenvalue weighted by Crippen LogP contribution is -2.43. The van der Waals surface area contributed by atoms with Crippen molar-refractivity contribution < 1.29 is 4.79 Å². The summed E-state index contributed by atoms with van der Waals surface area (Å²) in [5, 5.41) is 4.51. The van der Waals surface area contributed by atoms with E-state index in [0.717, 1.165) is 12.8 Å². The van der Waals surface area contributed by atoms with Crippen LogP contribution in [0.25, 0.3) is 0 Å². The van der Waals surface area contributed by atoms with Crippen LogP contribution in [0.3, 0.4) is 0 Å². The lowest BCUT2D eigenvalue weighted by Gasteiger charge is -2.39. The van der Waals surface area contributed by atoms with Crippen LogP contribution in [0.2, 0.25) is 0 Å². The zero-order chi connectivity index (χ0) is 16.7. The third-order valence-corrected chi connectivity index (χ3v) is 6.84. The van der Waals surface area contributed by atoms with Gasteiger partial charge >= 0.3 is 0 Å². The SMILES string of the molecule is CN1c2ccccc2C(C2CCCC(C3CCCCC3)C2=O)N1C. The number of hydrogen-bond donors (Lipinski definition) is 0. The maximum Gasteiger partial charge on any atom is 0.141 e. The van der Waals surface area contributed by atoms with E-state index in [1.165, 1.54) is 49.8 Å². The zero-order valence-electron chi connectivity index (χ0n) is 15.1. The average molecular weight is 326 g/mol. The fourth-order valence-electron chi connectivity index (χ4n) is 5.50. The Balaban J connectivity index is 1.60. The first kappa shape index (κ1) is 16.1. The quantitative estimate of drug-likeness (QED) is 0.794. The highest BCUT2D eigenvalue weighted by atomic mass is 16.1. The van der Waals surface area contributed by atoms with Gasteiger partial charge in [-0.3, -0.25) is 4.79 Å². The van der Waals surface area contributed by atoms with Gasteiger partial charge in [-0.2, -0.15) is 0 Å². The van der Waals surface area contributed by atoms with Crippen LogP contribution in [-0.4, -0.2) is 24.9 Å². The lowest BCUT2D eigenvalue weighted by molar-refractivity contribution is -0.134. The van der Waals surface area contributed by atoms with Crippen LogP contribution in [0, 0.1) is 17.8 Å². The number of anilines is 1. The van der Waals surface area contributed by atoms with E-state index in [0.29, 0.717) is 17.6 Å². The van der Waals surface area contributed by atoms with E-state index in [-0.39, 0.29) is 12.0 Å². The van der Waals surface area contributed by atoms with Gasteiger partial charge in [0.25, 0.3) is 0 Å². The highest BCUT2D eigenvalue weighted by molar-refractivity contribution is 5.86. The molecule has 4 rings (SSSR count). The van der Waals surface area contributed by atoms with Crippen LogP contribution >= 0.6 is 0 Å². The van der Waals surface area contributed by atoms with Crippen molar-refractivity contribution in [2.24, 2.45) is 17.8 Å². The molecule has 0 saturated heterocycles. The Kier molecular flexibility index (Phi) is 4.38. The molecule has 0 aromatic heterocycles. The third kappa shape index (κ3) is 2.57. The predicted octanol–water partition coefficient (Wildman–Crippen LogP) is 4.59. The molecule has 2 aliphatic carbocycles. The molecule has 0 amide bonds. The van der Waals surface area contributed by atoms with E-state index in [4.69, 9.17) is 0 Å². The molecule has 3 nitrogen and oxygen atoms in total. The van der Waals surface area contributed by atoms with E-state index >= 15 is 0 Å². The van der Waals surface area contributed by atoms with Crippen LogP contribution in [0.5, 0.6) is 0 Å². The van der Waals surface area contributed by atoms with Gasteiger partial charge in [-0.1, -0.05) is 43.9 Å². The Hall–Kier alpha value is -1.35. The number of hydrogen-bond acceptors (Lipinski definition) is 3. The molecule has 0 spiro atoms. The van der Waals surface area contributed by atoms with Crippen molar-refractivity contribution in [1.82, 2.24) is 5.01 Å². The standard InChI is InChI=1S/C21H30N2O/c1-22-19-14-7-6-11-17(19)20(23(22)2)18-13-8-12-16(21(18)24)15-9-4-3-5-10-15/h6-7,11,14-16,18,20H,3-5,8-10,12-13H2,1-2H3. The number of carbonyl (C=O) groups is 1. The van der Waals surface area contributed by atoms with E-state index < -0.39 is 0 Å². The maximum atomic E-state index is 13.4. The van der Waals surface area contributed by atoms with Crippen LogP contribution in [0.1, 0.15) is 63.0 Å². The molecule has 1 aromatic rings. The topological polar surface area (TPSA) is 23.6 Å². The molecule has 24 heavy (non-hydrogen) atoms. The second-order valence-electron chi connectivity index (χ2n) is 8.05. The molecule has 3 unspecified atom stereocenters. The fourth-order valence-corrected chi connectivity index (χ4v) is 5.50. The Morgan fingerprint density at radius 2 is 1.58 bits per heavy atom. The average Bonchev–Trinajstić information content (AvgIpc) is 2.88. The minimum atomic E-state index is 0.168. The lowest BCUT2D eigenvalue weighted by atomic mass is 9.67. The number of fused-ring (bicyclic) bond motifs is 1. The number of para-hydroxylation sites is 1. The van der Waals surface area contributed by atoms with Crippen LogP contribution in [0.4, 0.5) is 5.69 Å². The molecular formula is C21H30N2O. The highest BCUT2D eigenvalue weighted by Crippen LogP contribution is 2.48. The van der Waals surface area contributed by atoms with E-state index in [1.54, 1.807) is 0 Å². The zero-order valence-corrected chi connectivity index (χ0v) is 15.1. The Bertz CT molecular complexity index is 608. The normalized spacial score (nSPS) is 32.2. The van der Waals surface area contributed by atoms with Gasteiger partial charge in [-0.25, -0.2) is 5.01 Å². The minimum Gasteiger partial charge on any atom is -0.308 e. The third-order valence-electron chi connectivity index (χ3n) is 6.84. The second-order valence-corrected chi connectivity index (χ2v) is 8.05. The van der Waals surface area contributed by atoms with Crippen molar-refractivity contribution >= 4 is 11.5 Å². The molecule has 3 heteroatoms. The first-order valence-corrected chi connectivity index (χ1v) is 9.77. The first-order chi connectivity index (χ1) is 11.7. The van der Waals surface area contributed by atoms with E-state index in [2.05, 4.69) is 48.4 Å². The van der Waals surface area contributed by atoms with Crippen molar-refractivity contribution in [3.63, 3.8) is 0 Å². The molecule has 1 aliphatic heterocycles. The predicted molar refractivity (Wildman–Crippen MR) is 97.8 cm³/mol. The second kappa shape index (κ2) is 6.51. The van der Waals surface area contributed by atoms with Gasteiger partial charge in [-0.05, 0) is 43.2 Å². The summed E-state index contributed by atoms with van der Waals surface area (Å²) in [6.07, 6.45) is 9.98. The summed E-state index contributed by atoms with van der Waals surface area (Å²) in [6, 6.07) is 8.84. The van der Waals surface area contributed by atoms with Crippen molar-refractivity contribution in [1.29, 1.82) is 0 Å². The minimum absolute atomic E-state index is 0.168. The molecule has 0 bridgehead atoms. The number of rotatable bonds is 2. The van der Waals surface area contributed by atoms with Crippen molar-refractivity contribution in [3.05, 3.63) is 29.8 Å². The Labute approximate surface area is 146 Å². The molecule has 0 radical (unpaired) electrons. The summed E-state index contributed by atoms with van der Waals surface area (Å²) >= 11 is 0. The summed E-state index contributed by atoms with van der Waals surface area (Å²) in [7, 11) is 4.26. The van der Waals surface area contributed by atoms with Gasteiger partial charge in [0.2, 0.25) is 0 Å². The molecule has 0 N–H and O–H groups in total. The van der Waals surface area contributed by atoms with Crippen molar-refractivity contribution in [3.8, 4) is 0 Å². The largest absolute Gasteiger partial charge is 0.308 e. The Morgan fingerprint density at radius 1 is 0.875 bits per heavy atom. The molecule has 2 saturated carbocycles. The number of hydrazine groups is 1. The number of Topliss-reactive ketones (excluding diaryl/α,β-unsaturated/α-hetero) is 1. The monoisotopic (exact) mass is 326 g/mol. The van der Waals surface area contributed by atoms with E-state index in [9.17, 15) is 4.79 Å². The van der Waals surface area contributed by atoms with Gasteiger partial charge in [0.15, 0.2) is 0 Å². The van der Waals surface area contributed by atoms with Crippen LogP contribution in [-0.2, 0) is 4.79 Å². The van der Waals surface area contributed by atoms with Crippen molar-refractivity contribution in [2.75, 3.05) is 19.1 Å². The summed E-state index contributed by atoms with van der Waals surface area (Å²) < 4.78 is 0. The number of ketones is 1. The molecule has 3 aliphatic rings. The van der Waals surface area contributed by atoms with E-state index in [1.807, 2.05) is 0 Å². The number of nitrogens with zero attached hydrogens (tertiary/aromatic N) is 2. The summed E-state index contributed by atoms with van der Waals surface area (Å²) in [4.78, 5) is 13.4. The maximum absolute atomic E-state index is 13.4. The number of benzene rings is 1. The van der Waals surface area contributed by atoms with Gasteiger partial charge in [0.05, 0.1) is 11.7 Å². The molecular weight excluding hydrogens is 296 g/mol. The molecule has 1 heterocycles. The van der Waals surface area contributed by atoms with Gasteiger partial charge in [0, 0.05) is 25.9 Å². The molecule has 130 valence electrons. The molecule has 2 fully saturated rings. The Morgan fingerprint density at radius 3 is 2.38 bits per heavy atom. The van der Waals surface area contributed by atoms with Crippen LogP contribution in [0.15, 0.2) is 24.3 Å². The van der Waals surface area contributed by atoms with Crippen LogP contribution < -0.4 is 5.01 Å². The van der Waals surface area contributed by atoms with Gasteiger partial charge in [-0.15, -0.1) is 0 Å². The number of carbonyl (C=O) groups excluding carboxylic acids is 1. The molecule has 1 aromatic carbocycles. The summed E-state index contributed by atoms with van der Waals surface area (Å²) in [5.74, 6) is 1.72. The van der Waals surface area contributed by atoms with Gasteiger partial charge < -0.3 is 5.01 Å². The van der Waals surface area contributed by atoms with Gasteiger partial charge in [0.1, 0.15) is 5.78 Å². The summed E-state index contributed by atoms with van der Waals surface area (Å²) in [5.41, 5.74) is 2.60. The smallest absolute Gasteiger partial charge is 0.141 e.